The molecule has 0 saturated carbocycles. The maximum absolute atomic E-state index is 11.8. The number of hydrogen-bond acceptors (Lipinski definition) is 2. The van der Waals surface area contributed by atoms with E-state index in [4.69, 9.17) is 0 Å². The number of hydrogen-bond donors (Lipinski definition) is 3. The van der Waals surface area contributed by atoms with E-state index in [1.807, 2.05) is 45.0 Å². The molecule has 0 aliphatic heterocycles. The van der Waals surface area contributed by atoms with Gasteiger partial charge in [-0.1, -0.05) is 37.6 Å². The summed E-state index contributed by atoms with van der Waals surface area (Å²) in [5.41, 5.74) is 1.70. The monoisotopic (exact) mass is 264 g/mol. The van der Waals surface area contributed by atoms with Crippen LogP contribution in [-0.2, 0) is 6.54 Å². The van der Waals surface area contributed by atoms with Crippen LogP contribution in [0.15, 0.2) is 24.3 Å². The Labute approximate surface area is 115 Å². The number of amides is 2. The van der Waals surface area contributed by atoms with Crippen LogP contribution in [0.2, 0.25) is 0 Å². The standard InChI is InChI=1S/C15H24N2O2/c1-4-9-15(3,11-18)17-14(19)16-10-13-8-6-5-7-12(13)2/h5-8,18H,4,9-11H2,1-3H3,(H2,16,17,19). The lowest BCUT2D eigenvalue weighted by atomic mass is 9.98. The van der Waals surface area contributed by atoms with E-state index in [9.17, 15) is 9.90 Å². The topological polar surface area (TPSA) is 61.4 Å². The van der Waals surface area contributed by atoms with Crippen molar-refractivity contribution in [2.24, 2.45) is 0 Å². The first-order valence-corrected chi connectivity index (χ1v) is 6.72. The minimum Gasteiger partial charge on any atom is -0.394 e. The molecule has 19 heavy (non-hydrogen) atoms. The molecular weight excluding hydrogens is 240 g/mol. The van der Waals surface area contributed by atoms with Crippen molar-refractivity contribution >= 4 is 6.03 Å². The Morgan fingerprint density at radius 2 is 2.05 bits per heavy atom. The Hall–Kier alpha value is -1.55. The molecule has 0 spiro atoms. The number of aliphatic hydroxyl groups excluding tert-OH is 1. The van der Waals surface area contributed by atoms with Crippen molar-refractivity contribution in [3.05, 3.63) is 35.4 Å². The lowest BCUT2D eigenvalue weighted by Gasteiger charge is -2.28. The van der Waals surface area contributed by atoms with E-state index in [1.54, 1.807) is 0 Å². The van der Waals surface area contributed by atoms with Crippen molar-refractivity contribution in [2.75, 3.05) is 6.61 Å². The molecule has 1 aromatic carbocycles. The number of rotatable bonds is 6. The van der Waals surface area contributed by atoms with Gasteiger partial charge in [0.1, 0.15) is 0 Å². The Kier molecular flexibility index (Phi) is 5.83. The molecule has 0 heterocycles. The van der Waals surface area contributed by atoms with E-state index in [1.165, 1.54) is 0 Å². The summed E-state index contributed by atoms with van der Waals surface area (Å²) in [5.74, 6) is 0. The molecule has 1 unspecified atom stereocenters. The van der Waals surface area contributed by atoms with Gasteiger partial charge in [-0.2, -0.15) is 0 Å². The van der Waals surface area contributed by atoms with Crippen LogP contribution in [0.25, 0.3) is 0 Å². The van der Waals surface area contributed by atoms with Crippen LogP contribution in [0.1, 0.15) is 37.8 Å². The molecule has 1 aromatic rings. The highest BCUT2D eigenvalue weighted by Gasteiger charge is 2.24. The van der Waals surface area contributed by atoms with Gasteiger partial charge in [-0.3, -0.25) is 0 Å². The van der Waals surface area contributed by atoms with Crippen molar-refractivity contribution in [3.63, 3.8) is 0 Å². The molecule has 0 aliphatic carbocycles. The van der Waals surface area contributed by atoms with E-state index in [-0.39, 0.29) is 12.6 Å². The lowest BCUT2D eigenvalue weighted by molar-refractivity contribution is 0.163. The van der Waals surface area contributed by atoms with Gasteiger partial charge in [0, 0.05) is 6.54 Å². The second-order valence-corrected chi connectivity index (χ2v) is 5.20. The minimum atomic E-state index is -0.551. The summed E-state index contributed by atoms with van der Waals surface area (Å²) >= 11 is 0. The molecule has 0 saturated heterocycles. The zero-order chi connectivity index (χ0) is 14.3. The molecule has 106 valence electrons. The quantitative estimate of drug-likeness (QED) is 0.738. The van der Waals surface area contributed by atoms with Crippen LogP contribution in [0.5, 0.6) is 0 Å². The van der Waals surface area contributed by atoms with Gasteiger partial charge in [0.2, 0.25) is 0 Å². The van der Waals surface area contributed by atoms with Gasteiger partial charge in [-0.05, 0) is 31.4 Å². The fraction of sp³-hybridized carbons (Fsp3) is 0.533. The Balaban J connectivity index is 2.50. The zero-order valence-electron chi connectivity index (χ0n) is 12.0. The van der Waals surface area contributed by atoms with Gasteiger partial charge >= 0.3 is 6.03 Å². The first-order chi connectivity index (χ1) is 9.00. The van der Waals surface area contributed by atoms with Crippen molar-refractivity contribution in [3.8, 4) is 0 Å². The van der Waals surface area contributed by atoms with Crippen molar-refractivity contribution < 1.29 is 9.90 Å². The average molecular weight is 264 g/mol. The van der Waals surface area contributed by atoms with Crippen LogP contribution < -0.4 is 10.6 Å². The molecule has 0 fully saturated rings. The number of aryl methyl sites for hydroxylation is 1. The van der Waals surface area contributed by atoms with Crippen molar-refractivity contribution in [2.45, 2.75) is 45.7 Å². The van der Waals surface area contributed by atoms with Crippen LogP contribution in [0, 0.1) is 6.92 Å². The summed E-state index contributed by atoms with van der Waals surface area (Å²) < 4.78 is 0. The highest BCUT2D eigenvalue weighted by molar-refractivity contribution is 5.74. The Morgan fingerprint density at radius 3 is 2.63 bits per heavy atom. The minimum absolute atomic E-state index is 0.0569. The Bertz CT molecular complexity index is 420. The first kappa shape index (κ1) is 15.5. The summed E-state index contributed by atoms with van der Waals surface area (Å²) in [6.07, 6.45) is 1.66. The number of benzene rings is 1. The van der Waals surface area contributed by atoms with Crippen LogP contribution in [-0.4, -0.2) is 23.3 Å². The van der Waals surface area contributed by atoms with E-state index in [0.29, 0.717) is 6.54 Å². The fourth-order valence-electron chi connectivity index (χ4n) is 2.04. The number of carbonyl (C=O) groups is 1. The largest absolute Gasteiger partial charge is 0.394 e. The van der Waals surface area contributed by atoms with E-state index >= 15 is 0 Å². The number of nitrogens with one attached hydrogen (secondary N) is 2. The van der Waals surface area contributed by atoms with Gasteiger partial charge < -0.3 is 15.7 Å². The van der Waals surface area contributed by atoms with Crippen LogP contribution >= 0.6 is 0 Å². The van der Waals surface area contributed by atoms with Crippen LogP contribution in [0.3, 0.4) is 0 Å². The smallest absolute Gasteiger partial charge is 0.315 e. The van der Waals surface area contributed by atoms with Crippen molar-refractivity contribution in [1.82, 2.24) is 10.6 Å². The van der Waals surface area contributed by atoms with Gasteiger partial charge in [0.05, 0.1) is 12.1 Å². The SMILES string of the molecule is CCCC(C)(CO)NC(=O)NCc1ccccc1C. The zero-order valence-corrected chi connectivity index (χ0v) is 12.0. The number of aliphatic hydroxyl groups is 1. The highest BCUT2D eigenvalue weighted by Crippen LogP contribution is 2.11. The summed E-state index contributed by atoms with van der Waals surface area (Å²) in [5, 5.41) is 15.0. The first-order valence-electron chi connectivity index (χ1n) is 6.72. The molecule has 0 radical (unpaired) electrons. The predicted octanol–water partition coefficient (Wildman–Crippen LogP) is 2.35. The second-order valence-electron chi connectivity index (χ2n) is 5.20. The van der Waals surface area contributed by atoms with Gasteiger partial charge in [-0.25, -0.2) is 4.79 Å². The highest BCUT2D eigenvalue weighted by atomic mass is 16.3. The van der Waals surface area contributed by atoms with E-state index in [0.717, 1.165) is 24.0 Å². The van der Waals surface area contributed by atoms with E-state index < -0.39 is 5.54 Å². The molecule has 1 rings (SSSR count). The third kappa shape index (κ3) is 4.91. The number of urea groups is 1. The number of carbonyl (C=O) groups excluding carboxylic acids is 1. The molecule has 4 nitrogen and oxygen atoms in total. The maximum atomic E-state index is 11.8. The summed E-state index contributed by atoms with van der Waals surface area (Å²) in [4.78, 5) is 11.8. The third-order valence-corrected chi connectivity index (χ3v) is 3.27. The Morgan fingerprint density at radius 1 is 1.37 bits per heavy atom. The molecule has 0 bridgehead atoms. The molecule has 1 atom stereocenters. The van der Waals surface area contributed by atoms with Crippen molar-refractivity contribution in [1.29, 1.82) is 0 Å². The van der Waals surface area contributed by atoms with Crippen LogP contribution in [0.4, 0.5) is 4.79 Å². The predicted molar refractivity (Wildman–Crippen MR) is 76.9 cm³/mol. The molecule has 3 N–H and O–H groups in total. The summed E-state index contributed by atoms with van der Waals surface area (Å²) in [6, 6.07) is 7.70. The average Bonchev–Trinajstić information content (AvgIpc) is 2.38. The third-order valence-electron chi connectivity index (χ3n) is 3.27. The molecule has 0 aliphatic rings. The summed E-state index contributed by atoms with van der Waals surface area (Å²) in [7, 11) is 0. The fourth-order valence-corrected chi connectivity index (χ4v) is 2.04. The normalized spacial score (nSPS) is 13.7. The van der Waals surface area contributed by atoms with E-state index in [2.05, 4.69) is 10.6 Å². The second kappa shape index (κ2) is 7.14. The van der Waals surface area contributed by atoms with Gasteiger partial charge in [0.15, 0.2) is 0 Å². The lowest BCUT2D eigenvalue weighted by Crippen LogP contribution is -2.52. The van der Waals surface area contributed by atoms with Gasteiger partial charge in [0.25, 0.3) is 0 Å². The maximum Gasteiger partial charge on any atom is 0.315 e. The van der Waals surface area contributed by atoms with Gasteiger partial charge in [-0.15, -0.1) is 0 Å². The molecule has 2 amide bonds. The molecule has 4 heteroatoms. The molecule has 0 aromatic heterocycles. The molecular formula is C15H24N2O2. The summed E-state index contributed by atoms with van der Waals surface area (Å²) in [6.45, 7) is 6.33.